The maximum Gasteiger partial charge on any atom is 0.407 e. The van der Waals surface area contributed by atoms with Gasteiger partial charge in [-0.2, -0.15) is 0 Å². The van der Waals surface area contributed by atoms with Gasteiger partial charge in [-0.1, -0.05) is 54.6 Å². The third kappa shape index (κ3) is 10.2. The molecule has 0 spiro atoms. The van der Waals surface area contributed by atoms with E-state index in [1.165, 1.54) is 19.1 Å². The van der Waals surface area contributed by atoms with Gasteiger partial charge in [-0.05, 0) is 90.3 Å². The highest BCUT2D eigenvalue weighted by Crippen LogP contribution is 2.33. The van der Waals surface area contributed by atoms with Crippen LogP contribution in [0.4, 0.5) is 10.5 Å². The molecule has 3 rings (SSSR count). The van der Waals surface area contributed by atoms with Crippen molar-refractivity contribution in [2.45, 2.75) is 91.4 Å². The zero-order valence-electron chi connectivity index (χ0n) is 29.6. The van der Waals surface area contributed by atoms with E-state index in [1.807, 2.05) is 30.3 Å². The first-order valence-corrected chi connectivity index (χ1v) is 15.8. The van der Waals surface area contributed by atoms with Crippen LogP contribution in [0.1, 0.15) is 89.6 Å². The average Bonchev–Trinajstić information content (AvgIpc) is 2.99. The van der Waals surface area contributed by atoms with Crippen LogP contribution in [-0.2, 0) is 35.1 Å². The molecule has 0 unspecified atom stereocenters. The van der Waals surface area contributed by atoms with Gasteiger partial charge in [0.05, 0.1) is 6.42 Å². The van der Waals surface area contributed by atoms with Gasteiger partial charge in [-0.3, -0.25) is 14.5 Å². The summed E-state index contributed by atoms with van der Waals surface area (Å²) in [5.41, 5.74) is 0.624. The van der Waals surface area contributed by atoms with Gasteiger partial charge in [0, 0.05) is 37.6 Å². The third-order valence-corrected chi connectivity index (χ3v) is 7.16. The zero-order chi connectivity index (χ0) is 35.9. The molecule has 0 saturated heterocycles. The number of hydrogen-bond donors (Lipinski definition) is 1. The van der Waals surface area contributed by atoms with E-state index < -0.39 is 53.2 Å². The minimum Gasteiger partial charge on any atom is -0.458 e. The van der Waals surface area contributed by atoms with Crippen LogP contribution >= 0.6 is 0 Å². The molecule has 3 aromatic carbocycles. The summed E-state index contributed by atoms with van der Waals surface area (Å²) in [6.45, 7) is 13.8. The van der Waals surface area contributed by atoms with Crippen molar-refractivity contribution in [1.82, 2.24) is 5.32 Å². The van der Waals surface area contributed by atoms with Gasteiger partial charge in [0.25, 0.3) is 0 Å². The molecule has 258 valence electrons. The minimum absolute atomic E-state index is 0.104. The van der Waals surface area contributed by atoms with Crippen LogP contribution in [0.5, 0.6) is 0 Å². The Hall–Kier alpha value is -4.54. The molecule has 3 aromatic rings. The summed E-state index contributed by atoms with van der Waals surface area (Å²) in [6, 6.07) is 21.6. The fourth-order valence-corrected chi connectivity index (χ4v) is 5.05. The molecule has 0 aliphatic heterocycles. The van der Waals surface area contributed by atoms with Gasteiger partial charge in [-0.25, -0.2) is 9.59 Å². The lowest BCUT2D eigenvalue weighted by Crippen LogP contribution is -2.55. The number of methoxy groups -OCH3 is 2. The van der Waals surface area contributed by atoms with Crippen molar-refractivity contribution in [1.29, 1.82) is 0 Å². The maximum atomic E-state index is 14.2. The molecule has 10 heteroatoms. The lowest BCUT2D eigenvalue weighted by Gasteiger charge is -2.38. The fraction of sp³-hybridized carbons (Fsp3) is 0.421. The number of rotatable bonds is 12. The molecule has 0 saturated carbocycles. The SMILES string of the molecule is COC(OC)c1cc(C(=O)CC(=O)N(c2cccc(CNC(=O)OC(C)(C)C)c2)C(C)(C)C(=O)OC(C)(C)C)ccc1-c1ccccc1. The van der Waals surface area contributed by atoms with Gasteiger partial charge < -0.3 is 24.3 Å². The Morgan fingerprint density at radius 2 is 1.38 bits per heavy atom. The standard InChI is InChI=1S/C38H48N2O8/c1-36(2,3)47-34(43)38(7,8)40(28-18-14-15-25(21-28)24-39-35(44)48-37(4,5)6)32(42)23-31(41)27-19-20-29(26-16-12-11-13-17-26)30(22-27)33(45-9)46-10/h11-22,33H,23-24H2,1-10H3,(H,39,44). The van der Waals surface area contributed by atoms with Crippen molar-refractivity contribution < 1.29 is 38.1 Å². The van der Waals surface area contributed by atoms with E-state index in [2.05, 4.69) is 5.32 Å². The predicted octanol–water partition coefficient (Wildman–Crippen LogP) is 7.40. The van der Waals surface area contributed by atoms with Crippen LogP contribution < -0.4 is 10.2 Å². The summed E-state index contributed by atoms with van der Waals surface area (Å²) >= 11 is 0. The van der Waals surface area contributed by atoms with E-state index in [9.17, 15) is 19.2 Å². The van der Waals surface area contributed by atoms with Gasteiger partial charge in [0.15, 0.2) is 12.1 Å². The summed E-state index contributed by atoms with van der Waals surface area (Å²) in [4.78, 5) is 55.0. The highest BCUT2D eigenvalue weighted by atomic mass is 16.7. The van der Waals surface area contributed by atoms with Crippen LogP contribution in [0.2, 0.25) is 0 Å². The van der Waals surface area contributed by atoms with Crippen LogP contribution in [-0.4, -0.2) is 54.7 Å². The largest absolute Gasteiger partial charge is 0.458 e. The van der Waals surface area contributed by atoms with E-state index >= 15 is 0 Å². The Balaban J connectivity index is 1.99. The molecule has 1 N–H and O–H groups in total. The van der Waals surface area contributed by atoms with E-state index in [4.69, 9.17) is 18.9 Å². The first-order valence-electron chi connectivity index (χ1n) is 15.8. The van der Waals surface area contributed by atoms with Crippen molar-refractivity contribution in [2.75, 3.05) is 19.1 Å². The monoisotopic (exact) mass is 660 g/mol. The molecule has 0 aromatic heterocycles. The van der Waals surface area contributed by atoms with Gasteiger partial charge >= 0.3 is 12.1 Å². The Bertz CT molecular complexity index is 1600. The number of amides is 2. The van der Waals surface area contributed by atoms with E-state index in [-0.39, 0.29) is 12.1 Å². The van der Waals surface area contributed by atoms with Crippen molar-refractivity contribution in [3.05, 3.63) is 89.5 Å². The first kappa shape index (κ1) is 37.9. The number of ketones is 1. The predicted molar refractivity (Wildman–Crippen MR) is 185 cm³/mol. The smallest absolute Gasteiger partial charge is 0.407 e. The Labute approximate surface area is 283 Å². The summed E-state index contributed by atoms with van der Waals surface area (Å²) in [5, 5.41) is 2.71. The van der Waals surface area contributed by atoms with Crippen molar-refractivity contribution >= 4 is 29.4 Å². The second-order valence-electron chi connectivity index (χ2n) is 13.9. The summed E-state index contributed by atoms with van der Waals surface area (Å²) in [7, 11) is 3.02. The fourth-order valence-electron chi connectivity index (χ4n) is 5.05. The number of nitrogens with zero attached hydrogens (tertiary/aromatic N) is 1. The number of ether oxygens (including phenoxy) is 4. The number of carbonyl (C=O) groups is 4. The number of anilines is 1. The van der Waals surface area contributed by atoms with E-state index in [0.29, 0.717) is 16.8 Å². The number of Topliss-reactive ketones (excluding diaryl/α,β-unsaturated/α-hetero) is 1. The zero-order valence-corrected chi connectivity index (χ0v) is 29.6. The second-order valence-corrected chi connectivity index (χ2v) is 13.9. The Morgan fingerprint density at radius 1 is 0.750 bits per heavy atom. The molecule has 0 bridgehead atoms. The Kier molecular flexibility index (Phi) is 12.3. The second kappa shape index (κ2) is 15.6. The van der Waals surface area contributed by atoms with Crippen LogP contribution in [0.25, 0.3) is 11.1 Å². The van der Waals surface area contributed by atoms with Gasteiger partial charge in [-0.15, -0.1) is 0 Å². The molecule has 48 heavy (non-hydrogen) atoms. The molecule has 0 aliphatic rings. The molecule has 2 amide bonds. The molecule has 0 atom stereocenters. The van der Waals surface area contributed by atoms with Crippen LogP contribution in [0.15, 0.2) is 72.8 Å². The molecule has 0 radical (unpaired) electrons. The summed E-state index contributed by atoms with van der Waals surface area (Å²) < 4.78 is 22.1. The molecule has 0 fully saturated rings. The third-order valence-electron chi connectivity index (χ3n) is 7.16. The summed E-state index contributed by atoms with van der Waals surface area (Å²) in [5.74, 6) is -1.72. The first-order chi connectivity index (χ1) is 22.4. The molecule has 0 heterocycles. The molecular weight excluding hydrogens is 612 g/mol. The molecular formula is C38H48N2O8. The minimum atomic E-state index is -1.51. The lowest BCUT2D eigenvalue weighted by molar-refractivity contribution is -0.161. The number of carbonyl (C=O) groups excluding carboxylic acids is 4. The average molecular weight is 661 g/mol. The van der Waals surface area contributed by atoms with Gasteiger partial charge in [0.2, 0.25) is 5.91 Å². The Morgan fingerprint density at radius 3 is 1.96 bits per heavy atom. The highest BCUT2D eigenvalue weighted by molar-refractivity contribution is 6.14. The number of esters is 1. The quantitative estimate of drug-likeness (QED) is 0.0924. The number of benzene rings is 3. The lowest BCUT2D eigenvalue weighted by atomic mass is 9.94. The van der Waals surface area contributed by atoms with Crippen LogP contribution in [0, 0.1) is 0 Å². The van der Waals surface area contributed by atoms with Gasteiger partial charge in [0.1, 0.15) is 16.7 Å². The normalized spacial score (nSPS) is 12.0. The van der Waals surface area contributed by atoms with Crippen molar-refractivity contribution in [2.24, 2.45) is 0 Å². The maximum absolute atomic E-state index is 14.2. The topological polar surface area (TPSA) is 120 Å². The highest BCUT2D eigenvalue weighted by Gasteiger charge is 2.42. The van der Waals surface area contributed by atoms with E-state index in [1.54, 1.807) is 97.9 Å². The number of hydrogen-bond acceptors (Lipinski definition) is 8. The van der Waals surface area contributed by atoms with E-state index in [0.717, 1.165) is 11.1 Å². The molecule has 10 nitrogen and oxygen atoms in total. The number of nitrogens with one attached hydrogen (secondary N) is 1. The van der Waals surface area contributed by atoms with Crippen molar-refractivity contribution in [3.63, 3.8) is 0 Å². The number of alkyl carbamates (subject to hydrolysis) is 1. The molecule has 0 aliphatic carbocycles. The van der Waals surface area contributed by atoms with Crippen molar-refractivity contribution in [3.8, 4) is 11.1 Å². The van der Waals surface area contributed by atoms with Crippen LogP contribution in [0.3, 0.4) is 0 Å². The summed E-state index contributed by atoms with van der Waals surface area (Å²) in [6.07, 6.45) is -1.90.